The van der Waals surface area contributed by atoms with Crippen molar-refractivity contribution in [3.8, 4) is 0 Å². The molecule has 1 atom stereocenters. The van der Waals surface area contributed by atoms with Gasteiger partial charge in [0, 0.05) is 75.9 Å². The van der Waals surface area contributed by atoms with E-state index in [1.165, 1.54) is 11.1 Å². The van der Waals surface area contributed by atoms with E-state index in [4.69, 9.17) is 0 Å². The summed E-state index contributed by atoms with van der Waals surface area (Å²) in [6.07, 6.45) is 11.1. The number of carbonyl (C=O) groups excluding carboxylic acids is 1. The Morgan fingerprint density at radius 1 is 1.00 bits per heavy atom. The van der Waals surface area contributed by atoms with Crippen LogP contribution in [0.2, 0.25) is 0 Å². The number of aryl methyl sites for hydroxylation is 1. The summed E-state index contributed by atoms with van der Waals surface area (Å²) >= 11 is 0. The van der Waals surface area contributed by atoms with Gasteiger partial charge in [0.05, 0.1) is 11.6 Å². The molecule has 2 aromatic rings. The van der Waals surface area contributed by atoms with Gasteiger partial charge in [-0.2, -0.15) is 5.10 Å². The molecule has 2 aromatic heterocycles. The molecule has 0 saturated carbocycles. The SMILES string of the molecule is CCN1CC[C@]2(CN(Cc3cccnc3)CC23CCN(Cc2cnn(C)c2)CC3)C1=O. The molecule has 2 spiro atoms. The molecule has 5 heterocycles. The zero-order chi connectivity index (χ0) is 21.5. The third kappa shape index (κ3) is 3.57. The number of fused-ring (bicyclic) bond motifs is 1. The van der Waals surface area contributed by atoms with Crippen molar-refractivity contribution in [3.05, 3.63) is 48.0 Å². The van der Waals surface area contributed by atoms with Crippen LogP contribution in [0.3, 0.4) is 0 Å². The van der Waals surface area contributed by atoms with Gasteiger partial charge in [-0.3, -0.25) is 24.3 Å². The average molecular weight is 423 g/mol. The number of amides is 1. The number of aromatic nitrogens is 3. The van der Waals surface area contributed by atoms with E-state index >= 15 is 0 Å². The van der Waals surface area contributed by atoms with Gasteiger partial charge in [-0.1, -0.05) is 6.07 Å². The fourth-order valence-electron chi connectivity index (χ4n) is 6.41. The Kier molecular flexibility index (Phi) is 5.34. The zero-order valence-electron chi connectivity index (χ0n) is 18.8. The van der Waals surface area contributed by atoms with Gasteiger partial charge in [-0.05, 0) is 50.9 Å². The Labute approximate surface area is 185 Å². The maximum Gasteiger partial charge on any atom is 0.230 e. The van der Waals surface area contributed by atoms with Gasteiger partial charge in [0.1, 0.15) is 0 Å². The number of rotatable bonds is 5. The minimum Gasteiger partial charge on any atom is -0.342 e. The van der Waals surface area contributed by atoms with Crippen LogP contribution < -0.4 is 0 Å². The fraction of sp³-hybridized carbons (Fsp3) is 0.625. The number of hydrogen-bond acceptors (Lipinski definition) is 5. The minimum atomic E-state index is -0.217. The second-order valence-corrected chi connectivity index (χ2v) is 9.80. The second kappa shape index (κ2) is 8.02. The quantitative estimate of drug-likeness (QED) is 0.739. The Morgan fingerprint density at radius 2 is 1.81 bits per heavy atom. The summed E-state index contributed by atoms with van der Waals surface area (Å²) in [5.41, 5.74) is 2.38. The van der Waals surface area contributed by atoms with Crippen LogP contribution in [0.1, 0.15) is 37.3 Å². The first-order chi connectivity index (χ1) is 15.0. The topological polar surface area (TPSA) is 57.5 Å². The van der Waals surface area contributed by atoms with Crippen molar-refractivity contribution in [1.82, 2.24) is 29.5 Å². The first-order valence-electron chi connectivity index (χ1n) is 11.6. The molecule has 1 amide bonds. The number of piperidine rings is 1. The van der Waals surface area contributed by atoms with Crippen LogP contribution in [0.5, 0.6) is 0 Å². The van der Waals surface area contributed by atoms with Crippen molar-refractivity contribution in [3.63, 3.8) is 0 Å². The maximum atomic E-state index is 13.7. The molecule has 7 nitrogen and oxygen atoms in total. The second-order valence-electron chi connectivity index (χ2n) is 9.80. The van der Waals surface area contributed by atoms with Crippen molar-refractivity contribution in [1.29, 1.82) is 0 Å². The highest BCUT2D eigenvalue weighted by Crippen LogP contribution is 2.58. The van der Waals surface area contributed by atoms with E-state index < -0.39 is 0 Å². The molecule has 0 aromatic carbocycles. The molecule has 3 fully saturated rings. The molecular weight excluding hydrogens is 388 g/mol. The predicted octanol–water partition coefficient (Wildman–Crippen LogP) is 2.15. The number of hydrogen-bond donors (Lipinski definition) is 0. The van der Waals surface area contributed by atoms with E-state index in [0.717, 1.165) is 71.6 Å². The lowest BCUT2D eigenvalue weighted by molar-refractivity contribution is -0.142. The molecule has 0 unspecified atom stereocenters. The van der Waals surface area contributed by atoms with Crippen LogP contribution in [0.4, 0.5) is 0 Å². The lowest BCUT2D eigenvalue weighted by Crippen LogP contribution is -2.52. The van der Waals surface area contributed by atoms with E-state index in [1.807, 2.05) is 36.4 Å². The number of nitrogens with zero attached hydrogens (tertiary/aromatic N) is 6. The van der Waals surface area contributed by atoms with Gasteiger partial charge in [0.15, 0.2) is 0 Å². The van der Waals surface area contributed by atoms with E-state index in [2.05, 4.69) is 44.0 Å². The molecule has 0 bridgehead atoms. The lowest BCUT2D eigenvalue weighted by Gasteiger charge is -2.47. The van der Waals surface area contributed by atoms with Crippen LogP contribution in [-0.4, -0.2) is 74.6 Å². The Bertz CT molecular complexity index is 919. The van der Waals surface area contributed by atoms with Crippen LogP contribution >= 0.6 is 0 Å². The Morgan fingerprint density at radius 3 is 2.45 bits per heavy atom. The van der Waals surface area contributed by atoms with Crippen molar-refractivity contribution in [2.24, 2.45) is 17.9 Å². The Hall–Kier alpha value is -2.25. The first kappa shape index (κ1) is 20.6. The van der Waals surface area contributed by atoms with Crippen LogP contribution in [0.25, 0.3) is 0 Å². The number of carbonyl (C=O) groups is 1. The van der Waals surface area contributed by atoms with Gasteiger partial charge in [0.25, 0.3) is 0 Å². The molecule has 3 saturated heterocycles. The molecule has 31 heavy (non-hydrogen) atoms. The molecular formula is C24H34N6O. The summed E-state index contributed by atoms with van der Waals surface area (Å²) in [7, 11) is 1.97. The van der Waals surface area contributed by atoms with Crippen LogP contribution in [0, 0.1) is 10.8 Å². The van der Waals surface area contributed by atoms with E-state index in [-0.39, 0.29) is 10.8 Å². The average Bonchev–Trinajstić information content (AvgIpc) is 3.42. The third-order valence-electron chi connectivity index (χ3n) is 8.03. The largest absolute Gasteiger partial charge is 0.342 e. The Balaban J connectivity index is 1.35. The standard InChI is InChI=1S/C24H34N6O/c1-3-30-12-8-24(22(30)31)19-29(16-20-5-4-9-25-13-20)18-23(24)6-10-28(11-7-23)17-21-14-26-27(2)15-21/h4-5,9,13-15H,3,6-8,10-12,16-19H2,1-2H3/t24-/m0/s1. The highest BCUT2D eigenvalue weighted by Gasteiger charge is 2.64. The summed E-state index contributed by atoms with van der Waals surface area (Å²) < 4.78 is 1.87. The van der Waals surface area contributed by atoms with Crippen molar-refractivity contribution in [2.75, 3.05) is 39.3 Å². The molecule has 7 heteroatoms. The third-order valence-corrected chi connectivity index (χ3v) is 8.03. The van der Waals surface area contributed by atoms with E-state index in [1.54, 1.807) is 0 Å². The smallest absolute Gasteiger partial charge is 0.230 e. The van der Waals surface area contributed by atoms with E-state index in [0.29, 0.717) is 5.91 Å². The summed E-state index contributed by atoms with van der Waals surface area (Å²) in [5.74, 6) is 0.407. The normalized spacial score (nSPS) is 26.5. The zero-order valence-corrected chi connectivity index (χ0v) is 18.8. The van der Waals surface area contributed by atoms with Crippen LogP contribution in [0.15, 0.2) is 36.9 Å². The van der Waals surface area contributed by atoms with Gasteiger partial charge in [-0.25, -0.2) is 0 Å². The van der Waals surface area contributed by atoms with Gasteiger partial charge in [-0.15, -0.1) is 0 Å². The lowest BCUT2D eigenvalue weighted by atomic mass is 9.60. The first-order valence-corrected chi connectivity index (χ1v) is 11.6. The molecule has 0 N–H and O–H groups in total. The van der Waals surface area contributed by atoms with Crippen LogP contribution in [-0.2, 0) is 24.9 Å². The molecule has 5 rings (SSSR count). The molecule has 0 aliphatic carbocycles. The monoisotopic (exact) mass is 422 g/mol. The van der Waals surface area contributed by atoms with Crippen molar-refractivity contribution < 1.29 is 4.79 Å². The van der Waals surface area contributed by atoms with Gasteiger partial charge >= 0.3 is 0 Å². The number of pyridine rings is 1. The van der Waals surface area contributed by atoms with E-state index in [9.17, 15) is 4.79 Å². The summed E-state index contributed by atoms with van der Waals surface area (Å²) in [6.45, 7) is 9.70. The molecule has 0 radical (unpaired) electrons. The maximum absolute atomic E-state index is 13.7. The summed E-state index contributed by atoms with van der Waals surface area (Å²) in [4.78, 5) is 25.1. The highest BCUT2D eigenvalue weighted by molar-refractivity contribution is 5.86. The molecule has 166 valence electrons. The summed E-state index contributed by atoms with van der Waals surface area (Å²) in [5, 5.41) is 4.32. The minimum absolute atomic E-state index is 0.0850. The summed E-state index contributed by atoms with van der Waals surface area (Å²) in [6, 6.07) is 4.16. The van der Waals surface area contributed by atoms with Gasteiger partial charge < -0.3 is 4.90 Å². The number of likely N-dealkylation sites (tertiary alicyclic amines) is 3. The van der Waals surface area contributed by atoms with Crippen molar-refractivity contribution in [2.45, 2.75) is 39.3 Å². The highest BCUT2D eigenvalue weighted by atomic mass is 16.2. The molecule has 3 aliphatic heterocycles. The molecule has 3 aliphatic rings. The fourth-order valence-corrected chi connectivity index (χ4v) is 6.41. The predicted molar refractivity (Wildman–Crippen MR) is 119 cm³/mol. The van der Waals surface area contributed by atoms with Crippen molar-refractivity contribution >= 4 is 5.91 Å². The van der Waals surface area contributed by atoms with Gasteiger partial charge in [0.2, 0.25) is 5.91 Å².